The molecule has 1 saturated heterocycles. The minimum absolute atomic E-state index is 0.00796. The van der Waals surface area contributed by atoms with E-state index in [1.54, 1.807) is 28.0 Å². The van der Waals surface area contributed by atoms with Crippen molar-refractivity contribution in [1.82, 2.24) is 15.0 Å². The molecule has 0 unspecified atom stereocenters. The van der Waals surface area contributed by atoms with E-state index >= 15 is 0 Å². The molecule has 0 aliphatic carbocycles. The van der Waals surface area contributed by atoms with E-state index < -0.39 is 0 Å². The summed E-state index contributed by atoms with van der Waals surface area (Å²) in [5.41, 5.74) is 0.756. The zero-order chi connectivity index (χ0) is 12.5. The maximum Gasteiger partial charge on any atom is 0.252 e. The molecule has 2 aromatic rings. The SMILES string of the molecule is O=C1[C@@H](n2ccnn2)CCN1c1ccccc1Cl. The van der Waals surface area contributed by atoms with Crippen LogP contribution in [0.2, 0.25) is 5.02 Å². The molecular formula is C12H11ClN4O. The smallest absolute Gasteiger partial charge is 0.252 e. The Labute approximate surface area is 109 Å². The Balaban J connectivity index is 1.90. The van der Waals surface area contributed by atoms with Crippen molar-refractivity contribution in [3.8, 4) is 0 Å². The Morgan fingerprint density at radius 1 is 1.33 bits per heavy atom. The van der Waals surface area contributed by atoms with Crippen LogP contribution in [0.25, 0.3) is 0 Å². The molecule has 5 nitrogen and oxygen atoms in total. The zero-order valence-electron chi connectivity index (χ0n) is 9.53. The van der Waals surface area contributed by atoms with Gasteiger partial charge in [-0.05, 0) is 18.6 Å². The van der Waals surface area contributed by atoms with Crippen LogP contribution in [0.5, 0.6) is 0 Å². The van der Waals surface area contributed by atoms with Crippen molar-refractivity contribution >= 4 is 23.2 Å². The van der Waals surface area contributed by atoms with Crippen molar-refractivity contribution in [3.63, 3.8) is 0 Å². The fraction of sp³-hybridized carbons (Fsp3) is 0.250. The van der Waals surface area contributed by atoms with Crippen LogP contribution >= 0.6 is 11.6 Å². The van der Waals surface area contributed by atoms with Gasteiger partial charge in [-0.2, -0.15) is 0 Å². The van der Waals surface area contributed by atoms with Crippen molar-refractivity contribution in [3.05, 3.63) is 41.7 Å². The summed E-state index contributed by atoms with van der Waals surface area (Å²) in [4.78, 5) is 14.0. The average molecular weight is 263 g/mol. The standard InChI is InChI=1S/C12H11ClN4O/c13-9-3-1-2-4-10(9)16-7-5-11(12(16)18)17-8-6-14-15-17/h1-4,6,8,11H,5,7H2/t11-/m0/s1. The van der Waals surface area contributed by atoms with E-state index in [0.29, 0.717) is 18.0 Å². The van der Waals surface area contributed by atoms with Gasteiger partial charge in [0.25, 0.3) is 5.91 Å². The third-order valence-corrected chi connectivity index (χ3v) is 3.40. The molecular weight excluding hydrogens is 252 g/mol. The van der Waals surface area contributed by atoms with Crippen LogP contribution in [0.15, 0.2) is 36.7 Å². The third-order valence-electron chi connectivity index (χ3n) is 3.08. The second kappa shape index (κ2) is 4.42. The number of hydrogen-bond acceptors (Lipinski definition) is 3. The molecule has 0 radical (unpaired) electrons. The molecule has 1 amide bonds. The van der Waals surface area contributed by atoms with Crippen molar-refractivity contribution < 1.29 is 4.79 Å². The summed E-state index contributed by atoms with van der Waals surface area (Å²) in [6, 6.07) is 7.08. The third kappa shape index (κ3) is 1.76. The Morgan fingerprint density at radius 2 is 2.17 bits per heavy atom. The van der Waals surface area contributed by atoms with Gasteiger partial charge >= 0.3 is 0 Å². The number of aromatic nitrogens is 3. The van der Waals surface area contributed by atoms with E-state index in [1.807, 2.05) is 18.2 Å². The molecule has 6 heteroatoms. The first kappa shape index (κ1) is 11.2. The monoisotopic (exact) mass is 262 g/mol. The van der Waals surface area contributed by atoms with Crippen LogP contribution in [0, 0.1) is 0 Å². The molecule has 1 atom stereocenters. The van der Waals surface area contributed by atoms with Gasteiger partial charge in [-0.3, -0.25) is 4.79 Å². The van der Waals surface area contributed by atoms with Crippen LogP contribution in [-0.4, -0.2) is 27.4 Å². The lowest BCUT2D eigenvalue weighted by atomic mass is 10.2. The van der Waals surface area contributed by atoms with Crippen molar-refractivity contribution in [2.24, 2.45) is 0 Å². The minimum atomic E-state index is -0.274. The quantitative estimate of drug-likeness (QED) is 0.831. The van der Waals surface area contributed by atoms with Gasteiger partial charge in [0, 0.05) is 12.7 Å². The van der Waals surface area contributed by atoms with Crippen molar-refractivity contribution in [2.45, 2.75) is 12.5 Å². The number of nitrogens with zero attached hydrogens (tertiary/aromatic N) is 4. The number of benzene rings is 1. The lowest BCUT2D eigenvalue weighted by molar-refractivity contribution is -0.120. The normalized spacial score (nSPS) is 19.5. The van der Waals surface area contributed by atoms with Gasteiger partial charge in [0.05, 0.1) is 16.9 Å². The number of carbonyl (C=O) groups excluding carboxylic acids is 1. The van der Waals surface area contributed by atoms with E-state index in [4.69, 9.17) is 11.6 Å². The van der Waals surface area contributed by atoms with Gasteiger partial charge in [0.1, 0.15) is 6.04 Å². The van der Waals surface area contributed by atoms with Crippen LogP contribution in [0.3, 0.4) is 0 Å². The van der Waals surface area contributed by atoms with Gasteiger partial charge in [-0.1, -0.05) is 28.9 Å². The molecule has 92 valence electrons. The molecule has 2 heterocycles. The van der Waals surface area contributed by atoms with E-state index in [1.165, 1.54) is 0 Å². The highest BCUT2D eigenvalue weighted by Crippen LogP contribution is 2.32. The molecule has 0 saturated carbocycles. The first-order chi connectivity index (χ1) is 8.77. The van der Waals surface area contributed by atoms with E-state index in [2.05, 4.69) is 10.3 Å². The lowest BCUT2D eigenvalue weighted by Gasteiger charge is -2.17. The summed E-state index contributed by atoms with van der Waals surface area (Å²) in [6.07, 6.45) is 4.00. The predicted octanol–water partition coefficient (Wildman–Crippen LogP) is 1.91. The maximum absolute atomic E-state index is 12.3. The molecule has 1 aliphatic rings. The van der Waals surface area contributed by atoms with Gasteiger partial charge in [-0.25, -0.2) is 4.68 Å². The second-order valence-electron chi connectivity index (χ2n) is 4.13. The Kier molecular flexibility index (Phi) is 2.76. The fourth-order valence-electron chi connectivity index (χ4n) is 2.20. The largest absolute Gasteiger partial charge is 0.309 e. The van der Waals surface area contributed by atoms with Crippen molar-refractivity contribution in [1.29, 1.82) is 0 Å². The molecule has 18 heavy (non-hydrogen) atoms. The highest BCUT2D eigenvalue weighted by atomic mass is 35.5. The van der Waals surface area contributed by atoms with Crippen LogP contribution in [0.1, 0.15) is 12.5 Å². The number of anilines is 1. The summed E-state index contributed by atoms with van der Waals surface area (Å²) in [5, 5.41) is 8.21. The van der Waals surface area contributed by atoms with Crippen molar-refractivity contribution in [2.75, 3.05) is 11.4 Å². The molecule has 0 bridgehead atoms. The van der Waals surface area contributed by atoms with Gasteiger partial charge in [0.15, 0.2) is 0 Å². The molecule has 1 aromatic carbocycles. The topological polar surface area (TPSA) is 51.0 Å². The molecule has 0 N–H and O–H groups in total. The summed E-state index contributed by atoms with van der Waals surface area (Å²) < 4.78 is 1.60. The zero-order valence-corrected chi connectivity index (χ0v) is 10.3. The Bertz CT molecular complexity index is 569. The van der Waals surface area contributed by atoms with Crippen LogP contribution < -0.4 is 4.90 Å². The lowest BCUT2D eigenvalue weighted by Crippen LogP contribution is -2.28. The highest BCUT2D eigenvalue weighted by Gasteiger charge is 2.35. The number of rotatable bonds is 2. The molecule has 1 aromatic heterocycles. The van der Waals surface area contributed by atoms with Gasteiger partial charge in [-0.15, -0.1) is 5.10 Å². The summed E-state index contributed by atoms with van der Waals surface area (Å²) in [7, 11) is 0. The Morgan fingerprint density at radius 3 is 2.89 bits per heavy atom. The first-order valence-corrected chi connectivity index (χ1v) is 6.07. The summed E-state index contributed by atoms with van der Waals surface area (Å²) in [5.74, 6) is 0.00796. The number of hydrogen-bond donors (Lipinski definition) is 0. The van der Waals surface area contributed by atoms with Gasteiger partial charge < -0.3 is 4.90 Å². The van der Waals surface area contributed by atoms with E-state index in [0.717, 1.165) is 5.69 Å². The molecule has 0 spiro atoms. The summed E-state index contributed by atoms with van der Waals surface area (Å²) in [6.45, 7) is 0.646. The van der Waals surface area contributed by atoms with E-state index in [9.17, 15) is 4.79 Å². The van der Waals surface area contributed by atoms with E-state index in [-0.39, 0.29) is 11.9 Å². The maximum atomic E-state index is 12.3. The highest BCUT2D eigenvalue weighted by molar-refractivity contribution is 6.33. The average Bonchev–Trinajstić information content (AvgIpc) is 2.99. The molecule has 1 aliphatic heterocycles. The number of halogens is 1. The van der Waals surface area contributed by atoms with Crippen LogP contribution in [0.4, 0.5) is 5.69 Å². The predicted molar refractivity (Wildman–Crippen MR) is 67.5 cm³/mol. The number of carbonyl (C=O) groups is 1. The number of para-hydroxylation sites is 1. The second-order valence-corrected chi connectivity index (χ2v) is 4.54. The van der Waals surface area contributed by atoms with Crippen LogP contribution in [-0.2, 0) is 4.79 Å². The fourth-order valence-corrected chi connectivity index (χ4v) is 2.44. The van der Waals surface area contributed by atoms with Gasteiger partial charge in [0.2, 0.25) is 0 Å². The molecule has 1 fully saturated rings. The minimum Gasteiger partial charge on any atom is -0.309 e. The first-order valence-electron chi connectivity index (χ1n) is 5.69. The number of amides is 1. The Hall–Kier alpha value is -1.88. The summed E-state index contributed by atoms with van der Waals surface area (Å²) >= 11 is 6.11. The molecule has 3 rings (SSSR count).